The summed E-state index contributed by atoms with van der Waals surface area (Å²) in [6.45, 7) is 6.46. The summed E-state index contributed by atoms with van der Waals surface area (Å²) in [5, 5.41) is 3.21. The van der Waals surface area contributed by atoms with Crippen LogP contribution in [0.5, 0.6) is 0 Å². The van der Waals surface area contributed by atoms with Gasteiger partial charge in [0.2, 0.25) is 0 Å². The lowest BCUT2D eigenvalue weighted by molar-refractivity contribution is 0.608. The third kappa shape index (κ3) is 6.78. The van der Waals surface area contributed by atoms with E-state index in [1.165, 1.54) is 11.1 Å². The molecule has 1 aromatic rings. The van der Waals surface area contributed by atoms with Crippen LogP contribution in [0.3, 0.4) is 0 Å². The Kier molecular flexibility index (Phi) is 7.08. The minimum absolute atomic E-state index is 0.266. The maximum absolute atomic E-state index is 5.51. The van der Waals surface area contributed by atoms with Crippen LogP contribution in [0.4, 0.5) is 0 Å². The maximum Gasteiger partial charge on any atom is 0.126 e. The minimum Gasteiger partial charge on any atom is -0.317 e. The lowest BCUT2D eigenvalue weighted by Crippen LogP contribution is -2.23. The topological polar surface area (TPSA) is 12.0 Å². The quantitative estimate of drug-likeness (QED) is 0.788. The smallest absolute Gasteiger partial charge is 0.126 e. The molecule has 0 amide bonds. The third-order valence-electron chi connectivity index (χ3n) is 3.36. The van der Waals surface area contributed by atoms with Crippen molar-refractivity contribution in [3.63, 3.8) is 0 Å². The first kappa shape index (κ1) is 17.6. The third-order valence-corrected chi connectivity index (χ3v) is 3.61. The van der Waals surface area contributed by atoms with Crippen molar-refractivity contribution in [3.8, 4) is 0 Å². The van der Waals surface area contributed by atoms with E-state index in [0.29, 0.717) is 6.04 Å². The van der Waals surface area contributed by atoms with E-state index in [2.05, 4.69) is 56.8 Å². The van der Waals surface area contributed by atoms with Gasteiger partial charge in [0.05, 0.1) is 0 Å². The Bertz CT molecular complexity index is 424. The molecule has 1 aliphatic carbocycles. The molecule has 0 spiro atoms. The van der Waals surface area contributed by atoms with Gasteiger partial charge >= 0.3 is 0 Å². The number of allylic oxidation sites excluding steroid dienone is 2. The molecule has 0 aromatic heterocycles. The van der Waals surface area contributed by atoms with Gasteiger partial charge < -0.3 is 5.32 Å². The minimum atomic E-state index is -0.349. The zero-order chi connectivity index (χ0) is 15.2. The first-order valence-corrected chi connectivity index (χ1v) is 7.80. The van der Waals surface area contributed by atoms with E-state index in [9.17, 15) is 0 Å². The van der Waals surface area contributed by atoms with Gasteiger partial charge in [0.1, 0.15) is 4.84 Å². The number of hydrogen-bond donors (Lipinski definition) is 1. The molecule has 0 aliphatic heterocycles. The SMILES string of the molecule is CC1(C)[CH]C1=CC(Cl)Cl.CN[C@@H](C)Cc1ccccc1. The van der Waals surface area contributed by atoms with Crippen LogP contribution < -0.4 is 5.32 Å². The molecule has 1 N–H and O–H groups in total. The van der Waals surface area contributed by atoms with Gasteiger partial charge in [-0.2, -0.15) is 0 Å². The molecule has 0 heterocycles. The van der Waals surface area contributed by atoms with Gasteiger partial charge in [-0.15, -0.1) is 23.2 Å². The van der Waals surface area contributed by atoms with Gasteiger partial charge in [-0.25, -0.2) is 0 Å². The Balaban J connectivity index is 0.000000204. The zero-order valence-corrected chi connectivity index (χ0v) is 14.2. The Morgan fingerprint density at radius 1 is 1.20 bits per heavy atom. The van der Waals surface area contributed by atoms with Gasteiger partial charge in [0.15, 0.2) is 0 Å². The molecule has 1 fully saturated rings. The highest BCUT2D eigenvalue weighted by Gasteiger charge is 2.39. The van der Waals surface area contributed by atoms with Gasteiger partial charge in [-0.05, 0) is 37.8 Å². The van der Waals surface area contributed by atoms with E-state index < -0.39 is 0 Å². The van der Waals surface area contributed by atoms with Crippen LogP contribution in [0.2, 0.25) is 0 Å². The highest BCUT2D eigenvalue weighted by Crippen LogP contribution is 2.50. The summed E-state index contributed by atoms with van der Waals surface area (Å²) in [5.74, 6) is 0. The van der Waals surface area contributed by atoms with Crippen LogP contribution in [0.25, 0.3) is 0 Å². The highest BCUT2D eigenvalue weighted by molar-refractivity contribution is 6.45. The Morgan fingerprint density at radius 3 is 2.10 bits per heavy atom. The number of hydrogen-bond acceptors (Lipinski definition) is 1. The monoisotopic (exact) mass is 312 g/mol. The first-order chi connectivity index (χ1) is 9.35. The van der Waals surface area contributed by atoms with Gasteiger partial charge in [0.25, 0.3) is 0 Å². The van der Waals surface area contributed by atoms with Crippen molar-refractivity contribution in [2.24, 2.45) is 5.41 Å². The molecule has 20 heavy (non-hydrogen) atoms. The fourth-order valence-corrected chi connectivity index (χ4v) is 2.09. The second kappa shape index (κ2) is 8.07. The van der Waals surface area contributed by atoms with Crippen molar-refractivity contribution in [2.45, 2.75) is 38.1 Å². The van der Waals surface area contributed by atoms with E-state index in [-0.39, 0.29) is 10.3 Å². The Morgan fingerprint density at radius 2 is 1.75 bits per heavy atom. The summed E-state index contributed by atoms with van der Waals surface area (Å²) in [7, 11) is 1.99. The van der Waals surface area contributed by atoms with E-state index >= 15 is 0 Å². The molecule has 1 aliphatic rings. The molecule has 3 heteroatoms. The summed E-state index contributed by atoms with van der Waals surface area (Å²) in [6, 6.07) is 11.1. The van der Waals surface area contributed by atoms with Crippen LogP contribution >= 0.6 is 23.2 Å². The lowest BCUT2D eigenvalue weighted by atomic mass is 10.1. The van der Waals surface area contributed by atoms with Crippen LogP contribution in [0, 0.1) is 11.8 Å². The standard InChI is InChI=1S/C10H15N.C7H9Cl2/c1-9(11-2)8-10-6-4-3-5-7-10;1-7(2)4-5(7)3-6(8)9/h3-7,9,11H,8H2,1-2H3;3-4,6H,1-2H3/t9-;/m0./s1. The number of nitrogens with one attached hydrogen (secondary N) is 1. The molecule has 111 valence electrons. The van der Waals surface area contributed by atoms with Crippen molar-refractivity contribution >= 4 is 23.2 Å². The van der Waals surface area contributed by atoms with E-state index in [1.807, 2.05) is 19.2 Å². The fourth-order valence-electron chi connectivity index (χ4n) is 1.82. The molecule has 2 rings (SSSR count). The molecule has 1 radical (unpaired) electrons. The number of benzene rings is 1. The molecule has 1 nitrogen and oxygen atoms in total. The molecule has 0 saturated heterocycles. The predicted molar refractivity (Wildman–Crippen MR) is 90.3 cm³/mol. The number of halogens is 2. The summed E-state index contributed by atoms with van der Waals surface area (Å²) < 4.78 is 0. The highest BCUT2D eigenvalue weighted by atomic mass is 35.5. The summed E-state index contributed by atoms with van der Waals surface area (Å²) in [4.78, 5) is -0.349. The fraction of sp³-hybridized carbons (Fsp3) is 0.471. The molecule has 0 unspecified atom stereocenters. The van der Waals surface area contributed by atoms with E-state index in [0.717, 1.165) is 6.42 Å². The molecule has 0 bridgehead atoms. The Labute approximate surface area is 133 Å². The van der Waals surface area contributed by atoms with Crippen LogP contribution in [0.1, 0.15) is 26.3 Å². The molecular weight excluding hydrogens is 289 g/mol. The lowest BCUT2D eigenvalue weighted by Gasteiger charge is -2.08. The van der Waals surface area contributed by atoms with Crippen molar-refractivity contribution in [1.82, 2.24) is 5.32 Å². The molecule has 1 saturated carbocycles. The van der Waals surface area contributed by atoms with E-state index in [4.69, 9.17) is 23.2 Å². The van der Waals surface area contributed by atoms with Crippen molar-refractivity contribution in [1.29, 1.82) is 0 Å². The van der Waals surface area contributed by atoms with Crippen LogP contribution in [-0.4, -0.2) is 17.9 Å². The van der Waals surface area contributed by atoms with Gasteiger partial charge in [0, 0.05) is 6.04 Å². The average molecular weight is 313 g/mol. The van der Waals surface area contributed by atoms with Crippen LogP contribution in [-0.2, 0) is 6.42 Å². The molecule has 1 atom stereocenters. The summed E-state index contributed by atoms with van der Waals surface area (Å²) in [6.07, 6.45) is 5.12. The second-order valence-corrected chi connectivity index (χ2v) is 6.87. The predicted octanol–water partition coefficient (Wildman–Crippen LogP) is 4.80. The molecular formula is C17H24Cl2N. The van der Waals surface area contributed by atoms with Crippen molar-refractivity contribution < 1.29 is 0 Å². The van der Waals surface area contributed by atoms with Crippen LogP contribution in [0.15, 0.2) is 42.0 Å². The van der Waals surface area contributed by atoms with E-state index in [1.54, 1.807) is 0 Å². The van der Waals surface area contributed by atoms with Crippen molar-refractivity contribution in [2.75, 3.05) is 7.05 Å². The number of likely N-dealkylation sites (N-methyl/N-ethyl adjacent to an activating group) is 1. The van der Waals surface area contributed by atoms with Gasteiger partial charge in [-0.3, -0.25) is 0 Å². The zero-order valence-electron chi connectivity index (χ0n) is 12.7. The molecule has 1 aromatic carbocycles. The van der Waals surface area contributed by atoms with Crippen molar-refractivity contribution in [3.05, 3.63) is 54.0 Å². The number of alkyl halides is 2. The average Bonchev–Trinajstić information content (AvgIpc) is 2.97. The maximum atomic E-state index is 5.51. The first-order valence-electron chi connectivity index (χ1n) is 6.92. The normalized spacial score (nSPS) is 19.4. The largest absolute Gasteiger partial charge is 0.317 e. The summed E-state index contributed by atoms with van der Waals surface area (Å²) >= 11 is 11.0. The Hall–Kier alpha value is -0.500. The second-order valence-electron chi connectivity index (χ2n) is 5.70. The number of rotatable bonds is 4. The van der Waals surface area contributed by atoms with Gasteiger partial charge in [-0.1, -0.05) is 55.8 Å². The summed E-state index contributed by atoms with van der Waals surface area (Å²) in [5.41, 5.74) is 2.93.